The van der Waals surface area contributed by atoms with Gasteiger partial charge in [0.1, 0.15) is 5.03 Å². The largest absolute Gasteiger partial charge is 0.330 e. The molecule has 10 heteroatoms. The van der Waals surface area contributed by atoms with Gasteiger partial charge >= 0.3 is 0 Å². The van der Waals surface area contributed by atoms with Crippen LogP contribution in [0.25, 0.3) is 5.65 Å². The quantitative estimate of drug-likeness (QED) is 0.603. The van der Waals surface area contributed by atoms with Gasteiger partial charge in [0.2, 0.25) is 9.84 Å². The molecule has 0 aliphatic heterocycles. The lowest BCUT2D eigenvalue weighted by Gasteiger charge is -2.10. The van der Waals surface area contributed by atoms with Gasteiger partial charge < -0.3 is 5.73 Å². The van der Waals surface area contributed by atoms with Crippen molar-refractivity contribution in [3.8, 4) is 0 Å². The van der Waals surface area contributed by atoms with E-state index in [-0.39, 0.29) is 22.2 Å². The van der Waals surface area contributed by atoms with E-state index < -0.39 is 9.84 Å². The standard InChI is InChI=1S/C17H19ClN4O2S2.ClH/c1-10-14(7-8-19)11(2)22-16(20-10)15(17(21-22)25-3)26(23,24)13-6-4-5-12(18)9-13;/h4-6,9H,7-8,19H2,1-3H3;1H. The Hall–Kier alpha value is -1.32. The van der Waals surface area contributed by atoms with Gasteiger partial charge in [-0.2, -0.15) is 5.10 Å². The second-order valence-electron chi connectivity index (χ2n) is 5.83. The number of fused-ring (bicyclic) bond motifs is 1. The lowest BCUT2D eigenvalue weighted by atomic mass is 10.1. The molecule has 2 N–H and O–H groups in total. The fraction of sp³-hybridized carbons (Fsp3) is 0.294. The highest BCUT2D eigenvalue weighted by molar-refractivity contribution is 7.99. The fourth-order valence-electron chi connectivity index (χ4n) is 2.95. The van der Waals surface area contributed by atoms with Gasteiger partial charge in [-0.15, -0.1) is 24.2 Å². The Labute approximate surface area is 173 Å². The second-order valence-corrected chi connectivity index (χ2v) is 8.95. The second kappa shape index (κ2) is 8.36. The summed E-state index contributed by atoms with van der Waals surface area (Å²) < 4.78 is 28.2. The molecule has 0 radical (unpaired) electrons. The first kappa shape index (κ1) is 22.0. The molecule has 2 aromatic heterocycles. The van der Waals surface area contributed by atoms with Gasteiger partial charge in [-0.3, -0.25) is 0 Å². The maximum absolute atomic E-state index is 13.3. The molecule has 0 aliphatic rings. The van der Waals surface area contributed by atoms with Gasteiger partial charge in [0.05, 0.1) is 4.90 Å². The number of halogens is 2. The minimum Gasteiger partial charge on any atom is -0.330 e. The van der Waals surface area contributed by atoms with Crippen LogP contribution in [-0.4, -0.2) is 35.8 Å². The van der Waals surface area contributed by atoms with Gasteiger partial charge in [0, 0.05) is 16.4 Å². The molecule has 146 valence electrons. The zero-order valence-corrected chi connectivity index (χ0v) is 18.3. The molecule has 0 unspecified atom stereocenters. The number of hydrogen-bond donors (Lipinski definition) is 1. The molecule has 27 heavy (non-hydrogen) atoms. The van der Waals surface area contributed by atoms with Gasteiger partial charge in [-0.05, 0) is 56.8 Å². The van der Waals surface area contributed by atoms with Crippen molar-refractivity contribution in [1.82, 2.24) is 14.6 Å². The topological polar surface area (TPSA) is 90.3 Å². The Bertz CT molecular complexity index is 1100. The third-order valence-electron chi connectivity index (χ3n) is 4.22. The van der Waals surface area contributed by atoms with Crippen LogP contribution in [0.5, 0.6) is 0 Å². The SMILES string of the molecule is CSc1nn2c(C)c(CCN)c(C)nc2c1S(=O)(=O)c1cccc(Cl)c1.Cl. The molecule has 0 saturated heterocycles. The van der Waals surface area contributed by atoms with Crippen molar-refractivity contribution in [2.45, 2.75) is 35.1 Å². The van der Waals surface area contributed by atoms with Crippen LogP contribution in [0.1, 0.15) is 17.0 Å². The minimum absolute atomic E-state index is 0. The molecule has 1 aromatic carbocycles. The normalized spacial score (nSPS) is 11.6. The van der Waals surface area contributed by atoms with E-state index in [1.165, 1.54) is 23.9 Å². The van der Waals surface area contributed by atoms with Crippen LogP contribution in [0.15, 0.2) is 39.1 Å². The van der Waals surface area contributed by atoms with Crippen molar-refractivity contribution in [3.63, 3.8) is 0 Å². The molecule has 2 heterocycles. The van der Waals surface area contributed by atoms with Crippen molar-refractivity contribution in [1.29, 1.82) is 0 Å². The van der Waals surface area contributed by atoms with Crippen molar-refractivity contribution in [2.75, 3.05) is 12.8 Å². The van der Waals surface area contributed by atoms with Crippen LogP contribution in [0, 0.1) is 13.8 Å². The minimum atomic E-state index is -3.82. The summed E-state index contributed by atoms with van der Waals surface area (Å²) in [6.45, 7) is 4.25. The molecule has 3 rings (SSSR count). The molecule has 0 atom stereocenters. The lowest BCUT2D eigenvalue weighted by Crippen LogP contribution is -2.11. The van der Waals surface area contributed by atoms with Gasteiger partial charge in [0.25, 0.3) is 0 Å². The van der Waals surface area contributed by atoms with Crippen LogP contribution in [0.2, 0.25) is 5.02 Å². The van der Waals surface area contributed by atoms with E-state index in [0.29, 0.717) is 28.7 Å². The number of aromatic nitrogens is 3. The highest BCUT2D eigenvalue weighted by Gasteiger charge is 2.29. The van der Waals surface area contributed by atoms with Crippen molar-refractivity contribution in [2.24, 2.45) is 5.73 Å². The van der Waals surface area contributed by atoms with Crippen LogP contribution < -0.4 is 5.73 Å². The van der Waals surface area contributed by atoms with Crippen molar-refractivity contribution >= 4 is 51.3 Å². The number of aryl methyl sites for hydroxylation is 2. The van der Waals surface area contributed by atoms with E-state index in [1.807, 2.05) is 13.8 Å². The molecule has 0 fully saturated rings. The fourth-order valence-corrected chi connectivity index (χ4v) is 5.64. The Balaban J connectivity index is 0.00000261. The highest BCUT2D eigenvalue weighted by atomic mass is 35.5. The number of nitrogens with zero attached hydrogens (tertiary/aromatic N) is 3. The molecule has 0 amide bonds. The number of sulfone groups is 1. The van der Waals surface area contributed by atoms with E-state index in [1.54, 1.807) is 22.9 Å². The van der Waals surface area contributed by atoms with E-state index in [9.17, 15) is 8.42 Å². The summed E-state index contributed by atoms with van der Waals surface area (Å²) in [6.07, 6.45) is 2.45. The summed E-state index contributed by atoms with van der Waals surface area (Å²) in [6, 6.07) is 6.21. The zero-order valence-electron chi connectivity index (χ0n) is 15.1. The molecule has 0 aliphatic carbocycles. The number of benzene rings is 1. The van der Waals surface area contributed by atoms with E-state index in [0.717, 1.165) is 17.0 Å². The number of nitrogens with two attached hydrogens (primary N) is 1. The van der Waals surface area contributed by atoms with Crippen LogP contribution in [0.4, 0.5) is 0 Å². The predicted octanol–water partition coefficient (Wildman–Crippen LogP) is 3.48. The first-order valence-electron chi connectivity index (χ1n) is 7.94. The Morgan fingerprint density at radius 1 is 1.30 bits per heavy atom. The Morgan fingerprint density at radius 2 is 2.00 bits per heavy atom. The van der Waals surface area contributed by atoms with Crippen molar-refractivity contribution in [3.05, 3.63) is 46.2 Å². The highest BCUT2D eigenvalue weighted by Crippen LogP contribution is 2.34. The van der Waals surface area contributed by atoms with Crippen LogP contribution in [0.3, 0.4) is 0 Å². The third-order valence-corrected chi connectivity index (χ3v) is 7.04. The molecule has 0 saturated carbocycles. The van der Waals surface area contributed by atoms with E-state index in [2.05, 4.69) is 10.1 Å². The van der Waals surface area contributed by atoms with E-state index in [4.69, 9.17) is 17.3 Å². The Morgan fingerprint density at radius 3 is 2.59 bits per heavy atom. The molecule has 6 nitrogen and oxygen atoms in total. The van der Waals surface area contributed by atoms with E-state index >= 15 is 0 Å². The Kier molecular flexibility index (Phi) is 6.81. The average molecular weight is 447 g/mol. The summed E-state index contributed by atoms with van der Waals surface area (Å²) in [4.78, 5) is 4.79. The number of rotatable bonds is 5. The van der Waals surface area contributed by atoms with Gasteiger partial charge in [-0.1, -0.05) is 17.7 Å². The molecular weight excluding hydrogens is 427 g/mol. The first-order chi connectivity index (χ1) is 12.3. The number of hydrogen-bond acceptors (Lipinski definition) is 6. The predicted molar refractivity (Wildman–Crippen MR) is 111 cm³/mol. The molecule has 3 aromatic rings. The smallest absolute Gasteiger partial charge is 0.213 e. The maximum Gasteiger partial charge on any atom is 0.213 e. The van der Waals surface area contributed by atoms with Gasteiger partial charge in [0.15, 0.2) is 10.5 Å². The third kappa shape index (κ3) is 3.82. The molecular formula is C17H20Cl2N4O2S2. The van der Waals surface area contributed by atoms with Gasteiger partial charge in [-0.25, -0.2) is 17.9 Å². The summed E-state index contributed by atoms with van der Waals surface area (Å²) in [5, 5.41) is 5.26. The summed E-state index contributed by atoms with van der Waals surface area (Å²) in [5.74, 6) is 0. The zero-order chi connectivity index (χ0) is 19.1. The summed E-state index contributed by atoms with van der Waals surface area (Å²) in [7, 11) is -3.82. The first-order valence-corrected chi connectivity index (χ1v) is 11.0. The van der Waals surface area contributed by atoms with Crippen LogP contribution in [-0.2, 0) is 16.3 Å². The number of thioether (sulfide) groups is 1. The monoisotopic (exact) mass is 446 g/mol. The van der Waals surface area contributed by atoms with Crippen LogP contribution >= 0.6 is 35.8 Å². The van der Waals surface area contributed by atoms with Crippen molar-refractivity contribution < 1.29 is 8.42 Å². The maximum atomic E-state index is 13.3. The lowest BCUT2D eigenvalue weighted by molar-refractivity contribution is 0.594. The molecule has 0 spiro atoms. The summed E-state index contributed by atoms with van der Waals surface area (Å²) >= 11 is 7.26. The summed E-state index contributed by atoms with van der Waals surface area (Å²) in [5.41, 5.74) is 8.61. The molecule has 0 bridgehead atoms. The average Bonchev–Trinajstić information content (AvgIpc) is 2.98.